The molecule has 0 saturated carbocycles. The molecule has 29 heavy (non-hydrogen) atoms. The Morgan fingerprint density at radius 1 is 1.00 bits per heavy atom. The summed E-state index contributed by atoms with van der Waals surface area (Å²) < 4.78 is 16.4. The maximum Gasteiger partial charge on any atom is 0.266 e. The van der Waals surface area contributed by atoms with Gasteiger partial charge in [-0.2, -0.15) is 5.26 Å². The molecule has 2 aliphatic heterocycles. The molecule has 148 valence electrons. The number of nitriles is 1. The van der Waals surface area contributed by atoms with Gasteiger partial charge in [-0.05, 0) is 48.0 Å². The molecular weight excluding hydrogens is 370 g/mol. The first-order valence-electron chi connectivity index (χ1n) is 9.48. The molecule has 0 bridgehead atoms. The molecule has 4 rings (SSSR count). The molecule has 0 unspecified atom stereocenters. The molecule has 0 spiro atoms. The average molecular weight is 391 g/mol. The van der Waals surface area contributed by atoms with Gasteiger partial charge in [-0.15, -0.1) is 0 Å². The number of ether oxygens (including phenoxy) is 3. The standard InChI is InChI=1S/C22H21N3O4/c23-15-17(13-16-1-6-20-21(14-16)29-12-11-28-20)22(26)24-18-2-4-19(5-3-18)25-7-9-27-10-8-25/h1-6,13-14H,7-12H2,(H,24,26)/b17-13+. The molecule has 7 heteroatoms. The maximum atomic E-state index is 12.5. The van der Waals surface area contributed by atoms with Crippen molar-refractivity contribution < 1.29 is 19.0 Å². The van der Waals surface area contributed by atoms with Crippen molar-refractivity contribution in [3.05, 3.63) is 53.6 Å². The third kappa shape index (κ3) is 4.50. The summed E-state index contributed by atoms with van der Waals surface area (Å²) in [5.41, 5.74) is 2.43. The van der Waals surface area contributed by atoms with Gasteiger partial charge in [-0.1, -0.05) is 6.07 Å². The number of nitrogens with zero attached hydrogens (tertiary/aromatic N) is 2. The minimum Gasteiger partial charge on any atom is -0.486 e. The van der Waals surface area contributed by atoms with Crippen LogP contribution in [0.1, 0.15) is 5.56 Å². The van der Waals surface area contributed by atoms with Crippen molar-refractivity contribution in [1.29, 1.82) is 5.26 Å². The molecule has 2 heterocycles. The Balaban J connectivity index is 1.45. The SMILES string of the molecule is N#C/C(=C\c1ccc2c(c1)OCCO2)C(=O)Nc1ccc(N2CCOCC2)cc1. The van der Waals surface area contributed by atoms with E-state index in [1.807, 2.05) is 30.3 Å². The zero-order chi connectivity index (χ0) is 20.1. The summed E-state index contributed by atoms with van der Waals surface area (Å²) in [6, 6.07) is 14.9. The lowest BCUT2D eigenvalue weighted by molar-refractivity contribution is -0.112. The summed E-state index contributed by atoms with van der Waals surface area (Å²) in [6.07, 6.45) is 1.54. The summed E-state index contributed by atoms with van der Waals surface area (Å²) in [4.78, 5) is 14.8. The molecule has 0 aromatic heterocycles. The summed E-state index contributed by atoms with van der Waals surface area (Å²) in [7, 11) is 0. The molecule has 0 aliphatic carbocycles. The van der Waals surface area contributed by atoms with Gasteiger partial charge in [0.05, 0.1) is 13.2 Å². The van der Waals surface area contributed by atoms with Gasteiger partial charge in [-0.3, -0.25) is 4.79 Å². The lowest BCUT2D eigenvalue weighted by Gasteiger charge is -2.28. The first-order valence-corrected chi connectivity index (χ1v) is 9.48. The second-order valence-corrected chi connectivity index (χ2v) is 6.67. The topological polar surface area (TPSA) is 83.8 Å². The number of rotatable bonds is 4. The fourth-order valence-corrected chi connectivity index (χ4v) is 3.24. The van der Waals surface area contributed by atoms with Crippen LogP contribution >= 0.6 is 0 Å². The highest BCUT2D eigenvalue weighted by Gasteiger charge is 2.14. The minimum absolute atomic E-state index is 0.0129. The summed E-state index contributed by atoms with van der Waals surface area (Å²) >= 11 is 0. The Bertz CT molecular complexity index is 957. The highest BCUT2D eigenvalue weighted by atomic mass is 16.6. The van der Waals surface area contributed by atoms with Crippen LogP contribution in [0.25, 0.3) is 6.08 Å². The van der Waals surface area contributed by atoms with Gasteiger partial charge in [0, 0.05) is 24.5 Å². The molecule has 2 aromatic rings. The van der Waals surface area contributed by atoms with E-state index in [-0.39, 0.29) is 5.57 Å². The Morgan fingerprint density at radius 2 is 1.72 bits per heavy atom. The Labute approximate surface area is 169 Å². The van der Waals surface area contributed by atoms with E-state index in [0.29, 0.717) is 49.2 Å². The van der Waals surface area contributed by atoms with Crippen LogP contribution in [0.3, 0.4) is 0 Å². The molecule has 0 atom stereocenters. The lowest BCUT2D eigenvalue weighted by Crippen LogP contribution is -2.36. The molecule has 2 aromatic carbocycles. The van der Waals surface area contributed by atoms with Crippen molar-refractivity contribution in [3.8, 4) is 17.6 Å². The van der Waals surface area contributed by atoms with Crippen LogP contribution in [0.2, 0.25) is 0 Å². The van der Waals surface area contributed by atoms with E-state index in [4.69, 9.17) is 14.2 Å². The largest absolute Gasteiger partial charge is 0.486 e. The normalized spacial score (nSPS) is 16.1. The monoisotopic (exact) mass is 391 g/mol. The number of benzene rings is 2. The number of carbonyl (C=O) groups excluding carboxylic acids is 1. The van der Waals surface area contributed by atoms with Gasteiger partial charge in [0.15, 0.2) is 11.5 Å². The molecule has 0 radical (unpaired) electrons. The summed E-state index contributed by atoms with van der Waals surface area (Å²) in [6.45, 7) is 4.12. The van der Waals surface area contributed by atoms with Gasteiger partial charge in [0.1, 0.15) is 24.9 Å². The smallest absolute Gasteiger partial charge is 0.266 e. The van der Waals surface area contributed by atoms with Gasteiger partial charge in [0.2, 0.25) is 0 Å². The first-order chi connectivity index (χ1) is 14.2. The number of hydrogen-bond donors (Lipinski definition) is 1. The maximum absolute atomic E-state index is 12.5. The molecule has 1 saturated heterocycles. The van der Waals surface area contributed by atoms with Gasteiger partial charge < -0.3 is 24.4 Å². The molecule has 2 aliphatic rings. The zero-order valence-electron chi connectivity index (χ0n) is 15.9. The number of carbonyl (C=O) groups is 1. The number of hydrogen-bond acceptors (Lipinski definition) is 6. The second-order valence-electron chi connectivity index (χ2n) is 6.67. The Kier molecular flexibility index (Phi) is 5.63. The minimum atomic E-state index is -0.457. The van der Waals surface area contributed by atoms with Crippen molar-refractivity contribution in [3.63, 3.8) is 0 Å². The first kappa shape index (κ1) is 18.8. The quantitative estimate of drug-likeness (QED) is 0.637. The summed E-state index contributed by atoms with van der Waals surface area (Å²) in [5, 5.41) is 12.2. The van der Waals surface area contributed by atoms with Crippen molar-refractivity contribution in [2.24, 2.45) is 0 Å². The van der Waals surface area contributed by atoms with E-state index >= 15 is 0 Å². The fraction of sp³-hybridized carbons (Fsp3) is 0.273. The van der Waals surface area contributed by atoms with E-state index in [1.54, 1.807) is 18.2 Å². The van der Waals surface area contributed by atoms with E-state index in [1.165, 1.54) is 6.08 Å². The van der Waals surface area contributed by atoms with Crippen LogP contribution in [-0.4, -0.2) is 45.4 Å². The Hall–Kier alpha value is -3.50. The predicted molar refractivity (Wildman–Crippen MR) is 109 cm³/mol. The van der Waals surface area contributed by atoms with Crippen LogP contribution < -0.4 is 19.7 Å². The van der Waals surface area contributed by atoms with Crippen molar-refractivity contribution in [2.45, 2.75) is 0 Å². The van der Waals surface area contributed by atoms with Crippen molar-refractivity contribution >= 4 is 23.4 Å². The van der Waals surface area contributed by atoms with E-state index in [0.717, 1.165) is 18.8 Å². The highest BCUT2D eigenvalue weighted by Crippen LogP contribution is 2.31. The fourth-order valence-electron chi connectivity index (χ4n) is 3.24. The highest BCUT2D eigenvalue weighted by molar-refractivity contribution is 6.09. The van der Waals surface area contributed by atoms with Gasteiger partial charge >= 0.3 is 0 Å². The second kappa shape index (κ2) is 8.67. The van der Waals surface area contributed by atoms with Crippen molar-refractivity contribution in [2.75, 3.05) is 49.7 Å². The van der Waals surface area contributed by atoms with E-state index in [9.17, 15) is 10.1 Å². The van der Waals surface area contributed by atoms with Gasteiger partial charge in [-0.25, -0.2) is 0 Å². The molecule has 7 nitrogen and oxygen atoms in total. The van der Waals surface area contributed by atoms with Crippen LogP contribution in [0.15, 0.2) is 48.0 Å². The van der Waals surface area contributed by atoms with Gasteiger partial charge in [0.25, 0.3) is 5.91 Å². The third-order valence-electron chi connectivity index (χ3n) is 4.74. The van der Waals surface area contributed by atoms with E-state index in [2.05, 4.69) is 10.2 Å². The number of amides is 1. The predicted octanol–water partition coefficient (Wildman–Crippen LogP) is 2.84. The molecule has 1 fully saturated rings. The Morgan fingerprint density at radius 3 is 2.45 bits per heavy atom. The average Bonchev–Trinajstić information content (AvgIpc) is 2.78. The lowest BCUT2D eigenvalue weighted by atomic mass is 10.1. The number of anilines is 2. The molecule has 1 amide bonds. The van der Waals surface area contributed by atoms with Crippen LogP contribution in [-0.2, 0) is 9.53 Å². The van der Waals surface area contributed by atoms with E-state index < -0.39 is 5.91 Å². The van der Waals surface area contributed by atoms with Crippen LogP contribution in [0.4, 0.5) is 11.4 Å². The number of fused-ring (bicyclic) bond motifs is 1. The third-order valence-corrected chi connectivity index (χ3v) is 4.74. The zero-order valence-corrected chi connectivity index (χ0v) is 15.9. The number of morpholine rings is 1. The van der Waals surface area contributed by atoms with Crippen LogP contribution in [0, 0.1) is 11.3 Å². The molecule has 1 N–H and O–H groups in total. The summed E-state index contributed by atoms with van der Waals surface area (Å²) in [5.74, 6) is 0.819. The van der Waals surface area contributed by atoms with Crippen LogP contribution in [0.5, 0.6) is 11.5 Å². The number of nitrogens with one attached hydrogen (secondary N) is 1. The molecular formula is C22H21N3O4. The van der Waals surface area contributed by atoms with Crippen molar-refractivity contribution in [1.82, 2.24) is 0 Å².